The Morgan fingerprint density at radius 1 is 1.06 bits per heavy atom. The number of halogens is 1. The van der Waals surface area contributed by atoms with Crippen LogP contribution in [0.4, 0.5) is 5.69 Å². The Bertz CT molecular complexity index is 1160. The van der Waals surface area contributed by atoms with Gasteiger partial charge in [-0.05, 0) is 53.7 Å². The number of carbonyl (C=O) groups is 1. The van der Waals surface area contributed by atoms with Crippen molar-refractivity contribution >= 4 is 46.2 Å². The summed E-state index contributed by atoms with van der Waals surface area (Å²) in [6, 6.07) is 22.5. The number of hydrogen-bond acceptors (Lipinski definition) is 5. The summed E-state index contributed by atoms with van der Waals surface area (Å²) >= 11 is 7.35. The molecule has 5 nitrogen and oxygen atoms in total. The molecule has 0 radical (unpaired) electrons. The van der Waals surface area contributed by atoms with Gasteiger partial charge in [-0.25, -0.2) is 4.99 Å². The van der Waals surface area contributed by atoms with Crippen molar-refractivity contribution < 1.29 is 14.3 Å². The molecule has 3 aromatic carbocycles. The van der Waals surface area contributed by atoms with Crippen molar-refractivity contribution in [1.82, 2.24) is 5.32 Å². The van der Waals surface area contributed by atoms with E-state index >= 15 is 0 Å². The SMILES string of the molecule is COc1cccc(/C=C2\SC(=Nc3ccccc3)NC2=O)c1OCc1cccc(Cl)c1. The molecule has 0 aromatic heterocycles. The van der Waals surface area contributed by atoms with Crippen LogP contribution in [-0.4, -0.2) is 18.2 Å². The van der Waals surface area contributed by atoms with Gasteiger partial charge in [-0.3, -0.25) is 4.79 Å². The van der Waals surface area contributed by atoms with E-state index < -0.39 is 0 Å². The maximum atomic E-state index is 12.5. The minimum atomic E-state index is -0.205. The molecule has 156 valence electrons. The Balaban J connectivity index is 1.59. The summed E-state index contributed by atoms with van der Waals surface area (Å²) in [5.41, 5.74) is 2.45. The van der Waals surface area contributed by atoms with E-state index in [9.17, 15) is 4.79 Å². The predicted molar refractivity (Wildman–Crippen MR) is 126 cm³/mol. The molecule has 31 heavy (non-hydrogen) atoms. The van der Waals surface area contributed by atoms with Crippen LogP contribution in [0.5, 0.6) is 11.5 Å². The Hall–Kier alpha value is -3.22. The van der Waals surface area contributed by atoms with Gasteiger partial charge in [0, 0.05) is 10.6 Å². The van der Waals surface area contributed by atoms with E-state index in [1.165, 1.54) is 11.8 Å². The van der Waals surface area contributed by atoms with Gasteiger partial charge < -0.3 is 14.8 Å². The van der Waals surface area contributed by atoms with Crippen molar-refractivity contribution in [2.24, 2.45) is 4.99 Å². The third-order valence-corrected chi connectivity index (χ3v) is 5.57. The van der Waals surface area contributed by atoms with E-state index in [0.29, 0.717) is 33.2 Å². The number of amidine groups is 1. The highest BCUT2D eigenvalue weighted by Gasteiger charge is 2.24. The van der Waals surface area contributed by atoms with Gasteiger partial charge in [0.1, 0.15) is 6.61 Å². The monoisotopic (exact) mass is 450 g/mol. The fourth-order valence-corrected chi connectivity index (χ4v) is 4.03. The number of nitrogens with zero attached hydrogens (tertiary/aromatic N) is 1. The van der Waals surface area contributed by atoms with Crippen LogP contribution in [0.2, 0.25) is 5.02 Å². The number of rotatable bonds is 6. The molecule has 1 fully saturated rings. The highest BCUT2D eigenvalue weighted by Crippen LogP contribution is 2.36. The fourth-order valence-electron chi connectivity index (χ4n) is 2.99. The van der Waals surface area contributed by atoms with Gasteiger partial charge in [0.2, 0.25) is 0 Å². The number of ether oxygens (including phenoxy) is 2. The number of thioether (sulfide) groups is 1. The number of amides is 1. The van der Waals surface area contributed by atoms with E-state index in [1.807, 2.05) is 72.8 Å². The molecule has 0 saturated carbocycles. The highest BCUT2D eigenvalue weighted by molar-refractivity contribution is 8.18. The van der Waals surface area contributed by atoms with E-state index in [1.54, 1.807) is 13.2 Å². The Morgan fingerprint density at radius 3 is 2.65 bits per heavy atom. The Morgan fingerprint density at radius 2 is 1.87 bits per heavy atom. The van der Waals surface area contributed by atoms with E-state index in [-0.39, 0.29) is 5.91 Å². The average molecular weight is 451 g/mol. The second kappa shape index (κ2) is 9.73. The van der Waals surface area contributed by atoms with Crippen LogP contribution in [0.25, 0.3) is 6.08 Å². The van der Waals surface area contributed by atoms with Crippen LogP contribution in [0.3, 0.4) is 0 Å². The predicted octanol–water partition coefficient (Wildman–Crippen LogP) is 5.82. The van der Waals surface area contributed by atoms with Crippen LogP contribution in [0.1, 0.15) is 11.1 Å². The largest absolute Gasteiger partial charge is 0.493 e. The fraction of sp³-hybridized carbons (Fsp3) is 0.0833. The maximum absolute atomic E-state index is 12.5. The quantitative estimate of drug-likeness (QED) is 0.481. The zero-order valence-corrected chi connectivity index (χ0v) is 18.2. The Labute approximate surface area is 189 Å². The summed E-state index contributed by atoms with van der Waals surface area (Å²) in [4.78, 5) is 17.5. The van der Waals surface area contributed by atoms with Gasteiger partial charge in [0.15, 0.2) is 16.7 Å². The van der Waals surface area contributed by atoms with Crippen molar-refractivity contribution in [1.29, 1.82) is 0 Å². The number of methoxy groups -OCH3 is 1. The van der Waals surface area contributed by atoms with Gasteiger partial charge in [-0.1, -0.05) is 54.1 Å². The topological polar surface area (TPSA) is 59.9 Å². The number of para-hydroxylation sites is 2. The molecule has 3 aromatic rings. The smallest absolute Gasteiger partial charge is 0.264 e. The van der Waals surface area contributed by atoms with Crippen molar-refractivity contribution in [2.75, 3.05) is 7.11 Å². The Kier molecular flexibility index (Phi) is 6.60. The molecule has 0 atom stereocenters. The van der Waals surface area contributed by atoms with Crippen molar-refractivity contribution in [3.8, 4) is 11.5 Å². The standard InChI is InChI=1S/C24H19ClN2O3S/c1-29-20-12-6-8-17(22(20)30-15-16-7-5-9-18(25)13-16)14-21-23(28)27-24(31-21)26-19-10-3-2-4-11-19/h2-14H,15H2,1H3,(H,26,27,28)/b21-14-. The second-order valence-electron chi connectivity index (χ2n) is 6.61. The lowest BCUT2D eigenvalue weighted by Gasteiger charge is -2.14. The number of benzene rings is 3. The van der Waals surface area contributed by atoms with E-state index in [2.05, 4.69) is 10.3 Å². The molecule has 0 bridgehead atoms. The molecular formula is C24H19ClN2O3S. The van der Waals surface area contributed by atoms with Crippen LogP contribution >= 0.6 is 23.4 Å². The van der Waals surface area contributed by atoms with Gasteiger partial charge in [-0.2, -0.15) is 0 Å². The van der Waals surface area contributed by atoms with Crippen LogP contribution < -0.4 is 14.8 Å². The first kappa shape index (κ1) is 21.0. The number of hydrogen-bond donors (Lipinski definition) is 1. The molecule has 7 heteroatoms. The first-order valence-electron chi connectivity index (χ1n) is 9.51. The lowest BCUT2D eigenvalue weighted by atomic mass is 10.1. The second-order valence-corrected chi connectivity index (χ2v) is 8.08. The summed E-state index contributed by atoms with van der Waals surface area (Å²) in [7, 11) is 1.58. The van der Waals surface area contributed by atoms with E-state index in [0.717, 1.165) is 16.8 Å². The zero-order chi connectivity index (χ0) is 21.6. The van der Waals surface area contributed by atoms with Crippen molar-refractivity contribution in [3.63, 3.8) is 0 Å². The van der Waals surface area contributed by atoms with Gasteiger partial charge in [-0.15, -0.1) is 0 Å². The summed E-state index contributed by atoms with van der Waals surface area (Å²) in [6.07, 6.45) is 1.78. The minimum absolute atomic E-state index is 0.205. The third-order valence-electron chi connectivity index (χ3n) is 4.43. The number of carbonyl (C=O) groups excluding carboxylic acids is 1. The van der Waals surface area contributed by atoms with Gasteiger partial charge in [0.05, 0.1) is 17.7 Å². The van der Waals surface area contributed by atoms with Crippen LogP contribution in [0.15, 0.2) is 82.7 Å². The molecule has 1 aliphatic heterocycles. The average Bonchev–Trinajstić information content (AvgIpc) is 3.11. The normalized spacial score (nSPS) is 15.9. The third kappa shape index (κ3) is 5.29. The summed E-state index contributed by atoms with van der Waals surface area (Å²) in [5.74, 6) is 0.931. The van der Waals surface area contributed by atoms with Crippen molar-refractivity contribution in [2.45, 2.75) is 6.61 Å². The van der Waals surface area contributed by atoms with E-state index in [4.69, 9.17) is 21.1 Å². The molecular weight excluding hydrogens is 432 g/mol. The summed E-state index contributed by atoms with van der Waals surface area (Å²) in [5, 5.41) is 3.98. The molecule has 0 aliphatic carbocycles. The minimum Gasteiger partial charge on any atom is -0.493 e. The molecule has 1 heterocycles. The van der Waals surface area contributed by atoms with Gasteiger partial charge in [0.25, 0.3) is 5.91 Å². The summed E-state index contributed by atoms with van der Waals surface area (Å²) in [6.45, 7) is 0.317. The lowest BCUT2D eigenvalue weighted by molar-refractivity contribution is -0.115. The highest BCUT2D eigenvalue weighted by atomic mass is 35.5. The zero-order valence-electron chi connectivity index (χ0n) is 16.7. The van der Waals surface area contributed by atoms with Crippen LogP contribution in [0, 0.1) is 0 Å². The molecule has 4 rings (SSSR count). The molecule has 1 N–H and O–H groups in total. The molecule has 0 spiro atoms. The molecule has 0 unspecified atom stereocenters. The number of nitrogens with one attached hydrogen (secondary N) is 1. The summed E-state index contributed by atoms with van der Waals surface area (Å²) < 4.78 is 11.5. The molecule has 1 aliphatic rings. The number of aliphatic imine (C=N–C) groups is 1. The van der Waals surface area contributed by atoms with Crippen molar-refractivity contribution in [3.05, 3.63) is 93.9 Å². The van der Waals surface area contributed by atoms with Gasteiger partial charge >= 0.3 is 0 Å². The first-order chi connectivity index (χ1) is 15.1. The molecule has 1 saturated heterocycles. The molecule has 1 amide bonds. The maximum Gasteiger partial charge on any atom is 0.264 e. The lowest BCUT2D eigenvalue weighted by Crippen LogP contribution is -2.19. The first-order valence-corrected chi connectivity index (χ1v) is 10.7. The van der Waals surface area contributed by atoms with Crippen LogP contribution in [-0.2, 0) is 11.4 Å².